The molecule has 4 nitrogen and oxygen atoms in total. The molecule has 0 aromatic heterocycles. The fourth-order valence-electron chi connectivity index (χ4n) is 1.39. The molecule has 3 N–H and O–H groups in total. The second-order valence-corrected chi connectivity index (χ2v) is 4.09. The first-order chi connectivity index (χ1) is 9.08. The van der Waals surface area contributed by atoms with Crippen molar-refractivity contribution in [2.24, 2.45) is 5.10 Å². The van der Waals surface area contributed by atoms with E-state index in [2.05, 4.69) is 22.4 Å². The Hall–Kier alpha value is -1.95. The molecule has 6 heteroatoms. The van der Waals surface area contributed by atoms with Crippen molar-refractivity contribution < 1.29 is 9.50 Å². The summed E-state index contributed by atoms with van der Waals surface area (Å²) < 4.78 is 13.2. The topological polar surface area (TPSA) is 56.7 Å². The second-order valence-electron chi connectivity index (χ2n) is 3.68. The number of hydrogen-bond acceptors (Lipinski definition) is 3. The van der Waals surface area contributed by atoms with Crippen molar-refractivity contribution in [2.45, 2.75) is 13.3 Å². The van der Waals surface area contributed by atoms with Crippen LogP contribution in [0.3, 0.4) is 0 Å². The molecule has 0 saturated carbocycles. The number of thiocarbonyl (C=S) groups is 1. The maximum Gasteiger partial charge on any atom is 0.187 e. The zero-order valence-electron chi connectivity index (χ0n) is 10.6. The molecule has 0 saturated heterocycles. The molecule has 0 fully saturated rings. The van der Waals surface area contributed by atoms with Crippen LogP contribution >= 0.6 is 12.2 Å². The van der Waals surface area contributed by atoms with Crippen LogP contribution in [-0.4, -0.2) is 22.5 Å². The number of nitrogens with one attached hydrogen (secondary N) is 2. The van der Waals surface area contributed by atoms with E-state index in [-0.39, 0.29) is 5.75 Å². The van der Waals surface area contributed by atoms with E-state index in [0.29, 0.717) is 29.4 Å². The van der Waals surface area contributed by atoms with Crippen molar-refractivity contribution in [3.63, 3.8) is 0 Å². The molecule has 0 aliphatic heterocycles. The minimum Gasteiger partial charge on any atom is -0.507 e. The van der Waals surface area contributed by atoms with Crippen LogP contribution in [0.25, 0.3) is 0 Å². The SMILES string of the molecule is C=CCNC(=S)N/N=C(\CC)c1cc(F)ccc1O. The van der Waals surface area contributed by atoms with Crippen LogP contribution in [0, 0.1) is 5.82 Å². The molecule has 0 amide bonds. The Kier molecular flexibility index (Phi) is 5.95. The van der Waals surface area contributed by atoms with Gasteiger partial charge < -0.3 is 10.4 Å². The van der Waals surface area contributed by atoms with Gasteiger partial charge in [0.05, 0.1) is 5.71 Å². The predicted molar refractivity (Wildman–Crippen MR) is 78.8 cm³/mol. The van der Waals surface area contributed by atoms with Crippen LogP contribution < -0.4 is 10.7 Å². The molecule has 0 radical (unpaired) electrons. The smallest absolute Gasteiger partial charge is 0.187 e. The summed E-state index contributed by atoms with van der Waals surface area (Å²) in [6.07, 6.45) is 2.19. The normalized spacial score (nSPS) is 10.9. The Labute approximate surface area is 117 Å². The van der Waals surface area contributed by atoms with Gasteiger partial charge in [0.1, 0.15) is 11.6 Å². The third-order valence-corrected chi connectivity index (χ3v) is 2.54. The average Bonchev–Trinajstić information content (AvgIpc) is 2.40. The van der Waals surface area contributed by atoms with E-state index < -0.39 is 5.82 Å². The second kappa shape index (κ2) is 7.48. The lowest BCUT2D eigenvalue weighted by Crippen LogP contribution is -2.32. The van der Waals surface area contributed by atoms with Crippen molar-refractivity contribution in [3.8, 4) is 5.75 Å². The van der Waals surface area contributed by atoms with E-state index >= 15 is 0 Å². The number of rotatable bonds is 5. The number of phenols is 1. The Morgan fingerprint density at radius 1 is 1.58 bits per heavy atom. The Morgan fingerprint density at radius 2 is 2.32 bits per heavy atom. The lowest BCUT2D eigenvalue weighted by molar-refractivity contribution is 0.471. The van der Waals surface area contributed by atoms with E-state index in [1.54, 1.807) is 6.08 Å². The summed E-state index contributed by atoms with van der Waals surface area (Å²) in [5.74, 6) is -0.449. The summed E-state index contributed by atoms with van der Waals surface area (Å²) in [5.41, 5.74) is 3.50. The fourth-order valence-corrected chi connectivity index (χ4v) is 1.52. The van der Waals surface area contributed by atoms with E-state index in [9.17, 15) is 9.50 Å². The molecule has 0 aliphatic carbocycles. The van der Waals surface area contributed by atoms with Crippen molar-refractivity contribution >= 4 is 23.0 Å². The van der Waals surface area contributed by atoms with Gasteiger partial charge in [0.15, 0.2) is 5.11 Å². The molecule has 1 aromatic rings. The quantitative estimate of drug-likeness (QED) is 0.335. The first-order valence-corrected chi connectivity index (χ1v) is 6.19. The first-order valence-electron chi connectivity index (χ1n) is 5.78. The largest absolute Gasteiger partial charge is 0.507 e. The number of benzene rings is 1. The molecule has 0 aliphatic rings. The molecular weight excluding hydrogens is 265 g/mol. The highest BCUT2D eigenvalue weighted by molar-refractivity contribution is 7.80. The molecule has 19 heavy (non-hydrogen) atoms. The van der Waals surface area contributed by atoms with Crippen molar-refractivity contribution in [1.29, 1.82) is 0 Å². The third-order valence-electron chi connectivity index (χ3n) is 2.30. The summed E-state index contributed by atoms with van der Waals surface area (Å²) >= 11 is 4.98. The summed E-state index contributed by atoms with van der Waals surface area (Å²) in [4.78, 5) is 0. The van der Waals surface area contributed by atoms with Crippen LogP contribution in [0.4, 0.5) is 4.39 Å². The third kappa shape index (κ3) is 4.67. The average molecular weight is 281 g/mol. The summed E-state index contributed by atoms with van der Waals surface area (Å²) in [6, 6.07) is 3.72. The minimum absolute atomic E-state index is 0.0197. The fraction of sp³-hybridized carbons (Fsp3) is 0.231. The van der Waals surface area contributed by atoms with Gasteiger partial charge in [-0.1, -0.05) is 13.0 Å². The van der Waals surface area contributed by atoms with Crippen LogP contribution in [-0.2, 0) is 0 Å². The highest BCUT2D eigenvalue weighted by atomic mass is 32.1. The van der Waals surface area contributed by atoms with Gasteiger partial charge in [-0.15, -0.1) is 6.58 Å². The Morgan fingerprint density at radius 3 is 2.95 bits per heavy atom. The van der Waals surface area contributed by atoms with Gasteiger partial charge in [0.2, 0.25) is 0 Å². The van der Waals surface area contributed by atoms with Gasteiger partial charge in [-0.3, -0.25) is 5.43 Å². The number of halogens is 1. The highest BCUT2D eigenvalue weighted by Gasteiger charge is 2.09. The van der Waals surface area contributed by atoms with E-state index in [1.165, 1.54) is 18.2 Å². The van der Waals surface area contributed by atoms with Gasteiger partial charge in [-0.2, -0.15) is 5.10 Å². The summed E-state index contributed by atoms with van der Waals surface area (Å²) in [5, 5.41) is 17.0. The van der Waals surface area contributed by atoms with E-state index in [4.69, 9.17) is 12.2 Å². The zero-order valence-corrected chi connectivity index (χ0v) is 11.4. The lowest BCUT2D eigenvalue weighted by atomic mass is 10.1. The summed E-state index contributed by atoms with van der Waals surface area (Å²) in [6.45, 7) is 5.93. The molecule has 1 aromatic carbocycles. The number of aromatic hydroxyl groups is 1. The zero-order chi connectivity index (χ0) is 14.3. The van der Waals surface area contributed by atoms with Crippen molar-refractivity contribution in [3.05, 3.63) is 42.2 Å². The van der Waals surface area contributed by atoms with Crippen LogP contribution in [0.15, 0.2) is 36.0 Å². The predicted octanol–water partition coefficient (Wildman–Crippen LogP) is 2.30. The van der Waals surface area contributed by atoms with Gasteiger partial charge in [0, 0.05) is 12.1 Å². The van der Waals surface area contributed by atoms with Crippen LogP contribution in [0.2, 0.25) is 0 Å². The van der Waals surface area contributed by atoms with Crippen LogP contribution in [0.5, 0.6) is 5.75 Å². The van der Waals surface area contributed by atoms with Gasteiger partial charge in [-0.05, 0) is 36.8 Å². The maximum absolute atomic E-state index is 13.2. The molecule has 0 atom stereocenters. The highest BCUT2D eigenvalue weighted by Crippen LogP contribution is 2.19. The van der Waals surface area contributed by atoms with Crippen molar-refractivity contribution in [1.82, 2.24) is 10.7 Å². The molecule has 102 valence electrons. The summed E-state index contributed by atoms with van der Waals surface area (Å²) in [7, 11) is 0. The maximum atomic E-state index is 13.2. The van der Waals surface area contributed by atoms with E-state index in [1.807, 2.05) is 6.92 Å². The van der Waals surface area contributed by atoms with Crippen LogP contribution in [0.1, 0.15) is 18.9 Å². The molecule has 0 unspecified atom stereocenters. The molecule has 1 rings (SSSR count). The Balaban J connectivity index is 2.84. The molecular formula is C13H16FN3OS. The minimum atomic E-state index is -0.429. The number of hydrazone groups is 1. The molecule has 0 heterocycles. The molecule has 0 spiro atoms. The Bertz CT molecular complexity index is 503. The standard InChI is InChI=1S/C13H16FN3OS/c1-3-7-15-13(19)17-16-11(4-2)10-8-9(14)5-6-12(10)18/h3,5-6,8,18H,1,4,7H2,2H3,(H2,15,17,19)/b16-11+. The number of phenolic OH excluding ortho intramolecular Hbond substituents is 1. The number of nitrogens with zero attached hydrogens (tertiary/aromatic N) is 1. The van der Waals surface area contributed by atoms with Gasteiger partial charge in [0.25, 0.3) is 0 Å². The molecule has 0 bridgehead atoms. The number of hydrogen-bond donors (Lipinski definition) is 3. The lowest BCUT2D eigenvalue weighted by Gasteiger charge is -2.09. The van der Waals surface area contributed by atoms with Gasteiger partial charge >= 0.3 is 0 Å². The van der Waals surface area contributed by atoms with E-state index in [0.717, 1.165) is 0 Å². The monoisotopic (exact) mass is 281 g/mol. The van der Waals surface area contributed by atoms with Gasteiger partial charge in [-0.25, -0.2) is 4.39 Å². The first kappa shape index (κ1) is 15.1. The van der Waals surface area contributed by atoms with Crippen molar-refractivity contribution in [2.75, 3.05) is 6.54 Å².